The molecule has 2 amide bonds. The number of hydrogen-bond acceptors (Lipinski definition) is 3. The SMILES string of the molecule is CC(C)C(=O)NC1CCN(C(=O)[C@@H]2CCCNC2)CC1.Cl. The van der Waals surface area contributed by atoms with Crippen LogP contribution in [0.3, 0.4) is 0 Å². The zero-order valence-electron chi connectivity index (χ0n) is 13.1. The Labute approximate surface area is 133 Å². The van der Waals surface area contributed by atoms with Crippen LogP contribution < -0.4 is 10.6 Å². The van der Waals surface area contributed by atoms with Crippen LogP contribution in [-0.2, 0) is 9.59 Å². The van der Waals surface area contributed by atoms with Gasteiger partial charge in [-0.25, -0.2) is 0 Å². The van der Waals surface area contributed by atoms with E-state index in [2.05, 4.69) is 10.6 Å². The average molecular weight is 318 g/mol. The van der Waals surface area contributed by atoms with Gasteiger partial charge in [-0.05, 0) is 32.2 Å². The van der Waals surface area contributed by atoms with Crippen LogP contribution >= 0.6 is 12.4 Å². The van der Waals surface area contributed by atoms with Crippen molar-refractivity contribution in [1.82, 2.24) is 15.5 Å². The second kappa shape index (κ2) is 8.59. The summed E-state index contributed by atoms with van der Waals surface area (Å²) in [7, 11) is 0. The fraction of sp³-hybridized carbons (Fsp3) is 0.867. The third-order valence-corrected chi connectivity index (χ3v) is 4.32. The average Bonchev–Trinajstić information content (AvgIpc) is 2.48. The lowest BCUT2D eigenvalue weighted by Crippen LogP contribution is -2.50. The topological polar surface area (TPSA) is 61.4 Å². The Balaban J connectivity index is 0.00000220. The van der Waals surface area contributed by atoms with Gasteiger partial charge in [0.25, 0.3) is 0 Å². The summed E-state index contributed by atoms with van der Waals surface area (Å²) >= 11 is 0. The molecule has 2 rings (SSSR count). The summed E-state index contributed by atoms with van der Waals surface area (Å²) in [5, 5.41) is 6.37. The third kappa shape index (κ3) is 5.15. The molecule has 0 unspecified atom stereocenters. The molecule has 0 bridgehead atoms. The Morgan fingerprint density at radius 1 is 1.19 bits per heavy atom. The first-order chi connectivity index (χ1) is 9.58. The molecule has 122 valence electrons. The van der Waals surface area contributed by atoms with E-state index in [-0.39, 0.29) is 36.2 Å². The molecule has 0 saturated carbocycles. The van der Waals surface area contributed by atoms with E-state index in [1.165, 1.54) is 0 Å². The highest BCUT2D eigenvalue weighted by Gasteiger charge is 2.29. The van der Waals surface area contributed by atoms with Gasteiger partial charge in [-0.1, -0.05) is 13.8 Å². The molecule has 0 radical (unpaired) electrons. The molecule has 6 heteroatoms. The van der Waals surface area contributed by atoms with Crippen LogP contribution in [0.15, 0.2) is 0 Å². The minimum absolute atomic E-state index is 0. The van der Waals surface area contributed by atoms with Gasteiger partial charge in [0, 0.05) is 31.6 Å². The second-order valence-electron chi connectivity index (χ2n) is 6.31. The molecule has 2 fully saturated rings. The van der Waals surface area contributed by atoms with Crippen molar-refractivity contribution < 1.29 is 9.59 Å². The summed E-state index contributed by atoms with van der Waals surface area (Å²) in [5.74, 6) is 0.602. The van der Waals surface area contributed by atoms with Gasteiger partial charge in [-0.2, -0.15) is 0 Å². The van der Waals surface area contributed by atoms with Crippen LogP contribution in [0.25, 0.3) is 0 Å². The van der Waals surface area contributed by atoms with Gasteiger partial charge in [0.2, 0.25) is 11.8 Å². The number of nitrogens with one attached hydrogen (secondary N) is 2. The molecule has 0 aromatic rings. The maximum Gasteiger partial charge on any atom is 0.226 e. The maximum atomic E-state index is 12.4. The Bertz CT molecular complexity index is 349. The predicted molar refractivity (Wildman–Crippen MR) is 85.4 cm³/mol. The minimum Gasteiger partial charge on any atom is -0.353 e. The summed E-state index contributed by atoms with van der Waals surface area (Å²) in [4.78, 5) is 26.0. The quantitative estimate of drug-likeness (QED) is 0.821. The molecule has 1 atom stereocenters. The highest BCUT2D eigenvalue weighted by atomic mass is 35.5. The number of piperidine rings is 2. The van der Waals surface area contributed by atoms with E-state index in [0.717, 1.165) is 51.9 Å². The molecule has 21 heavy (non-hydrogen) atoms. The molecule has 0 aliphatic carbocycles. The van der Waals surface area contributed by atoms with Gasteiger partial charge in [0.05, 0.1) is 5.92 Å². The zero-order chi connectivity index (χ0) is 14.5. The van der Waals surface area contributed by atoms with Crippen LogP contribution in [0.5, 0.6) is 0 Å². The van der Waals surface area contributed by atoms with Crippen molar-refractivity contribution >= 4 is 24.2 Å². The molecule has 0 aromatic carbocycles. The lowest BCUT2D eigenvalue weighted by atomic mass is 9.96. The van der Waals surface area contributed by atoms with E-state index < -0.39 is 0 Å². The summed E-state index contributed by atoms with van der Waals surface area (Å²) < 4.78 is 0. The zero-order valence-corrected chi connectivity index (χ0v) is 13.9. The number of carbonyl (C=O) groups is 2. The van der Waals surface area contributed by atoms with Crippen LogP contribution in [0.2, 0.25) is 0 Å². The van der Waals surface area contributed by atoms with E-state index >= 15 is 0 Å². The minimum atomic E-state index is 0. The van der Waals surface area contributed by atoms with E-state index in [1.54, 1.807) is 0 Å². The Kier molecular flexibility index (Phi) is 7.46. The van der Waals surface area contributed by atoms with Crippen molar-refractivity contribution in [3.63, 3.8) is 0 Å². The number of carbonyl (C=O) groups excluding carboxylic acids is 2. The Morgan fingerprint density at radius 3 is 2.38 bits per heavy atom. The molecule has 2 aliphatic heterocycles. The van der Waals surface area contributed by atoms with Gasteiger partial charge < -0.3 is 15.5 Å². The maximum absolute atomic E-state index is 12.4. The van der Waals surface area contributed by atoms with Crippen molar-refractivity contribution in [3.05, 3.63) is 0 Å². The normalized spacial score (nSPS) is 23.6. The number of rotatable bonds is 3. The van der Waals surface area contributed by atoms with Crippen molar-refractivity contribution in [3.8, 4) is 0 Å². The molecule has 2 heterocycles. The van der Waals surface area contributed by atoms with E-state index in [0.29, 0.717) is 5.91 Å². The predicted octanol–water partition coefficient (Wildman–Crippen LogP) is 1.17. The summed E-state index contributed by atoms with van der Waals surface area (Å²) in [6.45, 7) is 7.22. The van der Waals surface area contributed by atoms with Gasteiger partial charge in [0.1, 0.15) is 0 Å². The standard InChI is InChI=1S/C15H27N3O2.ClH/c1-11(2)14(19)17-13-5-8-18(9-6-13)15(20)12-4-3-7-16-10-12;/h11-13,16H,3-10H2,1-2H3,(H,17,19);1H/t12-;/m1./s1. The first-order valence-corrected chi connectivity index (χ1v) is 7.88. The van der Waals surface area contributed by atoms with Crippen molar-refractivity contribution in [2.45, 2.75) is 45.6 Å². The van der Waals surface area contributed by atoms with Crippen molar-refractivity contribution in [1.29, 1.82) is 0 Å². The number of hydrogen-bond donors (Lipinski definition) is 2. The molecule has 5 nitrogen and oxygen atoms in total. The number of amides is 2. The van der Waals surface area contributed by atoms with Crippen LogP contribution in [-0.4, -0.2) is 48.9 Å². The van der Waals surface area contributed by atoms with Crippen molar-refractivity contribution in [2.75, 3.05) is 26.2 Å². The van der Waals surface area contributed by atoms with Crippen LogP contribution in [0.4, 0.5) is 0 Å². The fourth-order valence-corrected chi connectivity index (χ4v) is 2.93. The fourth-order valence-electron chi connectivity index (χ4n) is 2.93. The van der Waals surface area contributed by atoms with Crippen molar-refractivity contribution in [2.24, 2.45) is 11.8 Å². The first-order valence-electron chi connectivity index (χ1n) is 7.88. The Hall–Kier alpha value is -0.810. The molecule has 0 aromatic heterocycles. The van der Waals surface area contributed by atoms with E-state index in [1.807, 2.05) is 18.7 Å². The monoisotopic (exact) mass is 317 g/mol. The summed E-state index contributed by atoms with van der Waals surface area (Å²) in [6, 6.07) is 0.235. The van der Waals surface area contributed by atoms with Gasteiger partial charge in [0.15, 0.2) is 0 Å². The third-order valence-electron chi connectivity index (χ3n) is 4.32. The molecular formula is C15H28ClN3O2. The molecule has 2 aliphatic rings. The number of nitrogens with zero attached hydrogens (tertiary/aromatic N) is 1. The molecule has 2 N–H and O–H groups in total. The number of likely N-dealkylation sites (tertiary alicyclic amines) is 1. The highest BCUT2D eigenvalue weighted by molar-refractivity contribution is 5.85. The highest BCUT2D eigenvalue weighted by Crippen LogP contribution is 2.18. The first kappa shape index (κ1) is 18.2. The van der Waals surface area contributed by atoms with E-state index in [9.17, 15) is 9.59 Å². The lowest BCUT2D eigenvalue weighted by Gasteiger charge is -2.35. The number of halogens is 1. The van der Waals surface area contributed by atoms with E-state index in [4.69, 9.17) is 0 Å². The molecule has 2 saturated heterocycles. The second-order valence-corrected chi connectivity index (χ2v) is 6.31. The largest absolute Gasteiger partial charge is 0.353 e. The van der Waals surface area contributed by atoms with Crippen LogP contribution in [0, 0.1) is 11.8 Å². The molecule has 0 spiro atoms. The van der Waals surface area contributed by atoms with Crippen LogP contribution in [0.1, 0.15) is 39.5 Å². The lowest BCUT2D eigenvalue weighted by molar-refractivity contribution is -0.137. The molecular weight excluding hydrogens is 290 g/mol. The van der Waals surface area contributed by atoms with Gasteiger partial charge in [-0.15, -0.1) is 12.4 Å². The Morgan fingerprint density at radius 2 is 1.86 bits per heavy atom. The van der Waals surface area contributed by atoms with Gasteiger partial charge >= 0.3 is 0 Å². The summed E-state index contributed by atoms with van der Waals surface area (Å²) in [6.07, 6.45) is 3.86. The van der Waals surface area contributed by atoms with Gasteiger partial charge in [-0.3, -0.25) is 9.59 Å². The smallest absolute Gasteiger partial charge is 0.226 e. The summed E-state index contributed by atoms with van der Waals surface area (Å²) in [5.41, 5.74) is 0.